The average molecular weight is 365 g/mol. The molecule has 0 unspecified atom stereocenters. The van der Waals surface area contributed by atoms with E-state index in [1.54, 1.807) is 18.2 Å². The number of hydrogen-bond acceptors (Lipinski definition) is 6. The van der Waals surface area contributed by atoms with Crippen LogP contribution in [0.15, 0.2) is 42.5 Å². The summed E-state index contributed by atoms with van der Waals surface area (Å²) in [5.41, 5.74) is 0.375. The van der Waals surface area contributed by atoms with E-state index < -0.39 is 11.9 Å². The zero-order valence-electron chi connectivity index (χ0n) is 13.8. The van der Waals surface area contributed by atoms with Crippen molar-refractivity contribution >= 4 is 23.5 Å². The molecule has 25 heavy (non-hydrogen) atoms. The Bertz CT molecular complexity index is 725. The highest BCUT2D eigenvalue weighted by molar-refractivity contribution is 6.32. The molecule has 0 heterocycles. The van der Waals surface area contributed by atoms with E-state index in [-0.39, 0.29) is 24.3 Å². The standard InChI is InChI=1S/C18H17ClO6/c1-22-17(20)12-9-13(18(21)23-2)11-14(10-12)24-7-8-25-16-6-4-3-5-15(16)19/h3-6,9-11H,7-8H2,1-2H3. The van der Waals surface area contributed by atoms with Crippen molar-refractivity contribution in [1.82, 2.24) is 0 Å². The van der Waals surface area contributed by atoms with Gasteiger partial charge in [0.15, 0.2) is 0 Å². The molecular weight excluding hydrogens is 348 g/mol. The zero-order chi connectivity index (χ0) is 18.2. The van der Waals surface area contributed by atoms with Gasteiger partial charge in [-0.2, -0.15) is 0 Å². The largest absolute Gasteiger partial charge is 0.490 e. The zero-order valence-corrected chi connectivity index (χ0v) is 14.5. The Morgan fingerprint density at radius 2 is 1.44 bits per heavy atom. The third kappa shape index (κ3) is 5.12. The molecule has 0 aliphatic carbocycles. The van der Waals surface area contributed by atoms with Gasteiger partial charge < -0.3 is 18.9 Å². The maximum atomic E-state index is 11.7. The first-order chi connectivity index (χ1) is 12.0. The van der Waals surface area contributed by atoms with Gasteiger partial charge in [0.1, 0.15) is 24.7 Å². The van der Waals surface area contributed by atoms with Crippen LogP contribution in [0.1, 0.15) is 20.7 Å². The van der Waals surface area contributed by atoms with E-state index in [4.69, 9.17) is 21.1 Å². The van der Waals surface area contributed by atoms with Crippen molar-refractivity contribution in [2.75, 3.05) is 27.4 Å². The molecule has 0 radical (unpaired) electrons. The predicted molar refractivity (Wildman–Crippen MR) is 91.6 cm³/mol. The van der Waals surface area contributed by atoms with Gasteiger partial charge in [-0.3, -0.25) is 0 Å². The summed E-state index contributed by atoms with van der Waals surface area (Å²) in [6.07, 6.45) is 0. The third-order valence-corrected chi connectivity index (χ3v) is 3.51. The van der Waals surface area contributed by atoms with Crippen molar-refractivity contribution in [1.29, 1.82) is 0 Å². The second-order valence-electron chi connectivity index (χ2n) is 4.86. The van der Waals surface area contributed by atoms with Crippen LogP contribution in [0, 0.1) is 0 Å². The fourth-order valence-corrected chi connectivity index (χ4v) is 2.22. The number of benzene rings is 2. The van der Waals surface area contributed by atoms with Crippen LogP contribution in [0.4, 0.5) is 0 Å². The lowest BCUT2D eigenvalue weighted by atomic mass is 10.1. The third-order valence-electron chi connectivity index (χ3n) is 3.20. The summed E-state index contributed by atoms with van der Waals surface area (Å²) in [6, 6.07) is 11.4. The molecule has 0 aromatic heterocycles. The first-order valence-corrected chi connectivity index (χ1v) is 7.74. The molecule has 0 saturated carbocycles. The van der Waals surface area contributed by atoms with E-state index in [1.165, 1.54) is 32.4 Å². The summed E-state index contributed by atoms with van der Waals surface area (Å²) in [5.74, 6) is -0.289. The molecule has 0 spiro atoms. The van der Waals surface area contributed by atoms with Crippen LogP contribution in [0.5, 0.6) is 11.5 Å². The molecule has 0 aliphatic heterocycles. The summed E-state index contributed by atoms with van der Waals surface area (Å²) in [7, 11) is 2.51. The number of ether oxygens (including phenoxy) is 4. The van der Waals surface area contributed by atoms with E-state index >= 15 is 0 Å². The Morgan fingerprint density at radius 3 is 2.00 bits per heavy atom. The van der Waals surface area contributed by atoms with Crippen LogP contribution in [0.2, 0.25) is 5.02 Å². The van der Waals surface area contributed by atoms with Crippen molar-refractivity contribution < 1.29 is 28.5 Å². The molecule has 0 fully saturated rings. The van der Waals surface area contributed by atoms with E-state index in [1.807, 2.05) is 6.07 Å². The normalized spacial score (nSPS) is 10.0. The molecule has 2 aromatic rings. The van der Waals surface area contributed by atoms with Gasteiger partial charge in [-0.25, -0.2) is 9.59 Å². The average Bonchev–Trinajstić information content (AvgIpc) is 2.64. The SMILES string of the molecule is COC(=O)c1cc(OCCOc2ccccc2Cl)cc(C(=O)OC)c1. The molecule has 132 valence electrons. The summed E-state index contributed by atoms with van der Waals surface area (Å²) >= 11 is 5.99. The summed E-state index contributed by atoms with van der Waals surface area (Å²) in [6.45, 7) is 0.427. The highest BCUT2D eigenvalue weighted by Crippen LogP contribution is 2.23. The molecule has 2 aromatic carbocycles. The van der Waals surface area contributed by atoms with Crippen LogP contribution in [-0.4, -0.2) is 39.4 Å². The van der Waals surface area contributed by atoms with Gasteiger partial charge in [0.05, 0.1) is 30.4 Å². The summed E-state index contributed by atoms with van der Waals surface area (Å²) in [5, 5.41) is 0.503. The van der Waals surface area contributed by atoms with Crippen LogP contribution in [0.25, 0.3) is 0 Å². The Labute approximate surface area is 150 Å². The number of rotatable bonds is 7. The number of carbonyl (C=O) groups excluding carboxylic acids is 2. The monoisotopic (exact) mass is 364 g/mol. The van der Waals surface area contributed by atoms with Crippen LogP contribution >= 0.6 is 11.6 Å². The minimum atomic E-state index is -0.581. The maximum absolute atomic E-state index is 11.7. The van der Waals surface area contributed by atoms with Crippen molar-refractivity contribution in [2.45, 2.75) is 0 Å². The van der Waals surface area contributed by atoms with Gasteiger partial charge in [0, 0.05) is 0 Å². The molecule has 0 aliphatic rings. The lowest BCUT2D eigenvalue weighted by Crippen LogP contribution is -2.11. The number of methoxy groups -OCH3 is 2. The van der Waals surface area contributed by atoms with Crippen LogP contribution in [0.3, 0.4) is 0 Å². The lowest BCUT2D eigenvalue weighted by molar-refractivity contribution is 0.0598. The van der Waals surface area contributed by atoms with Crippen molar-refractivity contribution in [3.05, 3.63) is 58.6 Å². The van der Waals surface area contributed by atoms with E-state index in [2.05, 4.69) is 9.47 Å². The highest BCUT2D eigenvalue weighted by atomic mass is 35.5. The van der Waals surface area contributed by atoms with Crippen molar-refractivity contribution in [2.24, 2.45) is 0 Å². The number of hydrogen-bond donors (Lipinski definition) is 0. The molecule has 0 bridgehead atoms. The van der Waals surface area contributed by atoms with E-state index in [0.29, 0.717) is 16.5 Å². The van der Waals surface area contributed by atoms with Gasteiger partial charge >= 0.3 is 11.9 Å². The summed E-state index contributed by atoms with van der Waals surface area (Å²) in [4.78, 5) is 23.4. The molecule has 6 nitrogen and oxygen atoms in total. The lowest BCUT2D eigenvalue weighted by Gasteiger charge is -2.11. The number of para-hydroxylation sites is 1. The Kier molecular flexibility index (Phi) is 6.65. The molecule has 0 amide bonds. The predicted octanol–water partition coefficient (Wildman–Crippen LogP) is 3.37. The number of esters is 2. The van der Waals surface area contributed by atoms with E-state index in [0.717, 1.165) is 0 Å². The smallest absolute Gasteiger partial charge is 0.338 e. The minimum absolute atomic E-state index is 0.187. The van der Waals surface area contributed by atoms with Gasteiger partial charge in [0.25, 0.3) is 0 Å². The molecule has 0 N–H and O–H groups in total. The van der Waals surface area contributed by atoms with Gasteiger partial charge in [-0.15, -0.1) is 0 Å². The second-order valence-corrected chi connectivity index (χ2v) is 5.26. The Balaban J connectivity index is 2.04. The van der Waals surface area contributed by atoms with Gasteiger partial charge in [-0.1, -0.05) is 23.7 Å². The molecular formula is C18H17ClO6. The summed E-state index contributed by atoms with van der Waals surface area (Å²) < 4.78 is 20.4. The Hall–Kier alpha value is -2.73. The number of halogens is 1. The molecule has 2 rings (SSSR count). The quantitative estimate of drug-likeness (QED) is 0.554. The fourth-order valence-electron chi connectivity index (χ4n) is 2.03. The van der Waals surface area contributed by atoms with Crippen molar-refractivity contribution in [3.63, 3.8) is 0 Å². The fraction of sp³-hybridized carbons (Fsp3) is 0.222. The van der Waals surface area contributed by atoms with Crippen molar-refractivity contribution in [3.8, 4) is 11.5 Å². The minimum Gasteiger partial charge on any atom is -0.490 e. The highest BCUT2D eigenvalue weighted by Gasteiger charge is 2.14. The van der Waals surface area contributed by atoms with Gasteiger partial charge in [-0.05, 0) is 30.3 Å². The first kappa shape index (κ1) is 18.6. The number of carbonyl (C=O) groups is 2. The Morgan fingerprint density at radius 1 is 0.880 bits per heavy atom. The first-order valence-electron chi connectivity index (χ1n) is 7.37. The van der Waals surface area contributed by atoms with Crippen LogP contribution < -0.4 is 9.47 Å². The second kappa shape index (κ2) is 8.94. The van der Waals surface area contributed by atoms with Crippen LogP contribution in [-0.2, 0) is 9.47 Å². The molecule has 0 saturated heterocycles. The van der Waals surface area contributed by atoms with E-state index in [9.17, 15) is 9.59 Å². The van der Waals surface area contributed by atoms with Gasteiger partial charge in [0.2, 0.25) is 0 Å². The topological polar surface area (TPSA) is 71.1 Å². The molecule has 7 heteroatoms. The maximum Gasteiger partial charge on any atom is 0.338 e. The molecule has 0 atom stereocenters.